The third-order valence-corrected chi connectivity index (χ3v) is 4.32. The van der Waals surface area contributed by atoms with Crippen molar-refractivity contribution in [2.75, 3.05) is 23.4 Å². The lowest BCUT2D eigenvalue weighted by atomic mass is 10.2. The van der Waals surface area contributed by atoms with Crippen LogP contribution in [0.2, 0.25) is 5.02 Å². The number of nitro benzene ring substituents is 1. The van der Waals surface area contributed by atoms with Crippen LogP contribution < -0.4 is 15.0 Å². The summed E-state index contributed by atoms with van der Waals surface area (Å²) in [6, 6.07) is 10.8. The minimum Gasteiger partial charge on any atom is -0.482 e. The van der Waals surface area contributed by atoms with Gasteiger partial charge in [-0.15, -0.1) is 0 Å². The number of hydrogen-bond donors (Lipinski definition) is 1. The largest absolute Gasteiger partial charge is 0.482 e. The maximum absolute atomic E-state index is 12.2. The SMILES string of the molecule is O=C(COc1ccc([N+](=O)[O-])cc1Cl)Nc1ccccc1N1CCCC1=O. The average molecular weight is 390 g/mol. The van der Waals surface area contributed by atoms with Crippen LogP contribution in [0.4, 0.5) is 17.1 Å². The van der Waals surface area contributed by atoms with Gasteiger partial charge in [0, 0.05) is 25.1 Å². The summed E-state index contributed by atoms with van der Waals surface area (Å²) in [7, 11) is 0. The van der Waals surface area contributed by atoms with Gasteiger partial charge in [-0.2, -0.15) is 0 Å². The molecular formula is C18H16ClN3O5. The van der Waals surface area contributed by atoms with E-state index in [0.717, 1.165) is 12.5 Å². The van der Waals surface area contributed by atoms with E-state index in [-0.39, 0.29) is 29.0 Å². The molecule has 0 aromatic heterocycles. The standard InChI is InChI=1S/C18H16ClN3O5/c19-13-10-12(22(25)26)7-8-16(13)27-11-17(23)20-14-4-1-2-5-15(14)21-9-3-6-18(21)24/h1-2,4-5,7-8,10H,3,6,9,11H2,(H,20,23). The predicted molar refractivity (Wildman–Crippen MR) is 100 cm³/mol. The Balaban J connectivity index is 1.65. The number of halogens is 1. The van der Waals surface area contributed by atoms with Gasteiger partial charge in [-0.3, -0.25) is 19.7 Å². The van der Waals surface area contributed by atoms with Gasteiger partial charge in [-0.25, -0.2) is 0 Å². The summed E-state index contributed by atoms with van der Waals surface area (Å²) >= 11 is 5.94. The summed E-state index contributed by atoms with van der Waals surface area (Å²) in [4.78, 5) is 36.0. The molecule has 2 aromatic carbocycles. The highest BCUT2D eigenvalue weighted by Crippen LogP contribution is 2.30. The first kappa shape index (κ1) is 18.7. The van der Waals surface area contributed by atoms with E-state index in [4.69, 9.17) is 16.3 Å². The maximum atomic E-state index is 12.2. The molecule has 0 bridgehead atoms. The Kier molecular flexibility index (Phi) is 5.56. The lowest BCUT2D eigenvalue weighted by Crippen LogP contribution is -2.26. The molecule has 1 fully saturated rings. The number of hydrogen-bond acceptors (Lipinski definition) is 5. The summed E-state index contributed by atoms with van der Waals surface area (Å²) in [5.74, 6) is -0.255. The van der Waals surface area contributed by atoms with Crippen molar-refractivity contribution in [3.8, 4) is 5.75 Å². The molecule has 1 N–H and O–H groups in total. The van der Waals surface area contributed by atoms with E-state index < -0.39 is 10.8 Å². The predicted octanol–water partition coefficient (Wildman–Crippen LogP) is 3.39. The van der Waals surface area contributed by atoms with Crippen LogP contribution in [-0.2, 0) is 9.59 Å². The van der Waals surface area contributed by atoms with Crippen molar-refractivity contribution in [3.63, 3.8) is 0 Å². The van der Waals surface area contributed by atoms with E-state index in [1.165, 1.54) is 12.1 Å². The number of para-hydroxylation sites is 2. The molecular weight excluding hydrogens is 374 g/mol. The summed E-state index contributed by atoms with van der Waals surface area (Å²) in [6.07, 6.45) is 1.27. The summed E-state index contributed by atoms with van der Waals surface area (Å²) in [5.41, 5.74) is 0.985. The van der Waals surface area contributed by atoms with Gasteiger partial charge in [0.25, 0.3) is 11.6 Å². The lowest BCUT2D eigenvalue weighted by molar-refractivity contribution is -0.384. The van der Waals surface area contributed by atoms with Crippen LogP contribution in [0.1, 0.15) is 12.8 Å². The van der Waals surface area contributed by atoms with Crippen LogP contribution in [0.25, 0.3) is 0 Å². The Morgan fingerprint density at radius 3 is 2.74 bits per heavy atom. The summed E-state index contributed by atoms with van der Waals surface area (Å²) in [5, 5.41) is 13.5. The van der Waals surface area contributed by atoms with Crippen molar-refractivity contribution in [1.29, 1.82) is 0 Å². The topological polar surface area (TPSA) is 102 Å². The molecule has 0 radical (unpaired) electrons. The van der Waals surface area contributed by atoms with Crippen LogP contribution in [0.15, 0.2) is 42.5 Å². The first-order chi connectivity index (χ1) is 13.0. The zero-order chi connectivity index (χ0) is 19.4. The van der Waals surface area contributed by atoms with E-state index in [1.807, 2.05) is 0 Å². The third-order valence-electron chi connectivity index (χ3n) is 4.03. The minimum atomic E-state index is -0.570. The van der Waals surface area contributed by atoms with Crippen LogP contribution in [-0.4, -0.2) is 29.9 Å². The number of carbonyl (C=O) groups excluding carboxylic acids is 2. The minimum absolute atomic E-state index is 0.0191. The zero-order valence-corrected chi connectivity index (χ0v) is 14.9. The molecule has 1 heterocycles. The zero-order valence-electron chi connectivity index (χ0n) is 14.2. The van der Waals surface area contributed by atoms with Gasteiger partial charge < -0.3 is 15.0 Å². The van der Waals surface area contributed by atoms with E-state index in [0.29, 0.717) is 24.3 Å². The smallest absolute Gasteiger partial charge is 0.271 e. The number of nitrogens with zero attached hydrogens (tertiary/aromatic N) is 2. The van der Waals surface area contributed by atoms with E-state index >= 15 is 0 Å². The lowest BCUT2D eigenvalue weighted by Gasteiger charge is -2.20. The fourth-order valence-corrected chi connectivity index (χ4v) is 3.00. The maximum Gasteiger partial charge on any atom is 0.271 e. The van der Waals surface area contributed by atoms with Gasteiger partial charge in [-0.05, 0) is 24.6 Å². The molecule has 1 aliphatic heterocycles. The molecule has 0 aliphatic carbocycles. The fraction of sp³-hybridized carbons (Fsp3) is 0.222. The highest BCUT2D eigenvalue weighted by Gasteiger charge is 2.24. The normalized spacial score (nSPS) is 13.5. The molecule has 2 aromatic rings. The fourth-order valence-electron chi connectivity index (χ4n) is 2.77. The molecule has 0 spiro atoms. The number of amides is 2. The van der Waals surface area contributed by atoms with Crippen molar-refractivity contribution in [2.24, 2.45) is 0 Å². The third kappa shape index (κ3) is 4.35. The molecule has 0 unspecified atom stereocenters. The molecule has 3 rings (SSSR count). The molecule has 1 aliphatic rings. The van der Waals surface area contributed by atoms with Gasteiger partial charge in [0.15, 0.2) is 6.61 Å². The van der Waals surface area contributed by atoms with Gasteiger partial charge in [0.05, 0.1) is 21.3 Å². The number of ether oxygens (including phenoxy) is 1. The second kappa shape index (κ2) is 8.05. The van der Waals surface area contributed by atoms with Crippen molar-refractivity contribution in [1.82, 2.24) is 0 Å². The summed E-state index contributed by atoms with van der Waals surface area (Å²) in [6.45, 7) is 0.278. The van der Waals surface area contributed by atoms with E-state index in [9.17, 15) is 19.7 Å². The van der Waals surface area contributed by atoms with Crippen LogP contribution in [0.5, 0.6) is 5.75 Å². The van der Waals surface area contributed by atoms with Crippen LogP contribution in [0, 0.1) is 10.1 Å². The molecule has 27 heavy (non-hydrogen) atoms. The van der Waals surface area contributed by atoms with E-state index in [1.54, 1.807) is 29.2 Å². The molecule has 140 valence electrons. The molecule has 1 saturated heterocycles. The number of nitrogens with one attached hydrogen (secondary N) is 1. The Labute approximate surface area is 159 Å². The highest BCUT2D eigenvalue weighted by molar-refractivity contribution is 6.32. The van der Waals surface area contributed by atoms with Crippen LogP contribution in [0.3, 0.4) is 0 Å². The quantitative estimate of drug-likeness (QED) is 0.602. The molecule has 2 amide bonds. The molecule has 8 nitrogen and oxygen atoms in total. The highest BCUT2D eigenvalue weighted by atomic mass is 35.5. The number of carbonyl (C=O) groups is 2. The number of nitro groups is 1. The Morgan fingerprint density at radius 1 is 1.30 bits per heavy atom. The molecule has 9 heteroatoms. The van der Waals surface area contributed by atoms with Crippen molar-refractivity contribution in [2.45, 2.75) is 12.8 Å². The van der Waals surface area contributed by atoms with Crippen molar-refractivity contribution >= 4 is 40.5 Å². The molecule has 0 saturated carbocycles. The van der Waals surface area contributed by atoms with Crippen LogP contribution >= 0.6 is 11.6 Å². The second-order valence-electron chi connectivity index (χ2n) is 5.87. The van der Waals surface area contributed by atoms with Gasteiger partial charge in [-0.1, -0.05) is 23.7 Å². The van der Waals surface area contributed by atoms with Crippen molar-refractivity contribution in [3.05, 3.63) is 57.6 Å². The average Bonchev–Trinajstić information content (AvgIpc) is 3.07. The first-order valence-electron chi connectivity index (χ1n) is 8.21. The summed E-state index contributed by atoms with van der Waals surface area (Å²) < 4.78 is 5.34. The number of non-ortho nitro benzene ring substituents is 1. The van der Waals surface area contributed by atoms with Gasteiger partial charge in [0.2, 0.25) is 5.91 Å². The Morgan fingerprint density at radius 2 is 2.07 bits per heavy atom. The number of anilines is 2. The van der Waals surface area contributed by atoms with Gasteiger partial charge in [0.1, 0.15) is 5.75 Å². The van der Waals surface area contributed by atoms with Crippen molar-refractivity contribution < 1.29 is 19.2 Å². The molecule has 0 atom stereocenters. The Bertz CT molecular complexity index is 902. The number of rotatable bonds is 6. The monoisotopic (exact) mass is 389 g/mol. The Hall–Kier alpha value is -3.13. The first-order valence-corrected chi connectivity index (χ1v) is 8.59. The number of benzene rings is 2. The van der Waals surface area contributed by atoms with E-state index in [2.05, 4.69) is 5.32 Å². The van der Waals surface area contributed by atoms with Gasteiger partial charge >= 0.3 is 0 Å². The second-order valence-corrected chi connectivity index (χ2v) is 6.28.